The molecule has 0 saturated heterocycles. The molecule has 0 bridgehead atoms. The number of rotatable bonds is 6. The molecule has 0 fully saturated rings. The van der Waals surface area contributed by atoms with E-state index in [9.17, 15) is 0 Å². The summed E-state index contributed by atoms with van der Waals surface area (Å²) in [7, 11) is 0. The first-order valence-corrected chi connectivity index (χ1v) is 19.0. The average molecular weight is 697 g/mol. The minimum absolute atomic E-state index is 0.303. The molecule has 0 amide bonds. The summed E-state index contributed by atoms with van der Waals surface area (Å²) in [6.45, 7) is 9.15. The third-order valence-corrected chi connectivity index (χ3v) is 11.2. The summed E-state index contributed by atoms with van der Waals surface area (Å²) in [4.78, 5) is 5.04. The van der Waals surface area contributed by atoms with Crippen LogP contribution in [-0.2, 0) is 0 Å². The molecule has 0 aliphatic heterocycles. The van der Waals surface area contributed by atoms with Crippen molar-refractivity contribution >= 4 is 54.3 Å². The topological polar surface area (TPSA) is 31.0 Å². The lowest BCUT2D eigenvalue weighted by Crippen LogP contribution is -2.08. The van der Waals surface area contributed by atoms with Gasteiger partial charge in [0.25, 0.3) is 0 Å². The Balaban J connectivity index is 1.22. The first kappa shape index (κ1) is 32.2. The van der Waals surface area contributed by atoms with Crippen LogP contribution in [0.3, 0.4) is 0 Å². The van der Waals surface area contributed by atoms with E-state index in [4.69, 9.17) is 9.40 Å². The first-order chi connectivity index (χ1) is 26.4. The van der Waals surface area contributed by atoms with E-state index in [0.29, 0.717) is 11.8 Å². The van der Waals surface area contributed by atoms with E-state index >= 15 is 0 Å². The number of benzene rings is 8. The number of nitrogens with zero attached hydrogens (tertiary/aromatic N) is 2. The predicted molar refractivity (Wildman–Crippen MR) is 228 cm³/mol. The van der Waals surface area contributed by atoms with Crippen LogP contribution in [-0.4, -0.2) is 9.55 Å². The molecule has 2 aromatic heterocycles. The molecule has 10 rings (SSSR count). The molecule has 0 aliphatic rings. The highest BCUT2D eigenvalue weighted by Gasteiger charge is 2.23. The molecule has 8 aromatic carbocycles. The number of aromatic nitrogens is 2. The van der Waals surface area contributed by atoms with Gasteiger partial charge in [0, 0.05) is 23.2 Å². The zero-order valence-electron chi connectivity index (χ0n) is 31.0. The van der Waals surface area contributed by atoms with Crippen molar-refractivity contribution in [3.05, 3.63) is 169 Å². The Morgan fingerprint density at radius 2 is 1.19 bits per heavy atom. The quantitative estimate of drug-likeness (QED) is 0.162. The van der Waals surface area contributed by atoms with Gasteiger partial charge in [-0.2, -0.15) is 0 Å². The van der Waals surface area contributed by atoms with Crippen LogP contribution in [0, 0.1) is 0 Å². The zero-order chi connectivity index (χ0) is 36.5. The molecule has 260 valence electrons. The molecular formula is C51H40N2O. The maximum atomic E-state index is 6.93. The van der Waals surface area contributed by atoms with Crippen LogP contribution in [0.15, 0.2) is 162 Å². The normalized spacial score (nSPS) is 12.0. The second-order valence-corrected chi connectivity index (χ2v) is 15.2. The zero-order valence-corrected chi connectivity index (χ0v) is 31.0. The summed E-state index contributed by atoms with van der Waals surface area (Å²) in [5, 5.41) is 9.61. The van der Waals surface area contributed by atoms with Gasteiger partial charge in [0.1, 0.15) is 17.0 Å². The molecule has 0 unspecified atom stereocenters. The Hall–Kier alpha value is -6.45. The van der Waals surface area contributed by atoms with Crippen LogP contribution >= 0.6 is 0 Å². The van der Waals surface area contributed by atoms with Crippen molar-refractivity contribution in [1.82, 2.24) is 9.55 Å². The van der Waals surface area contributed by atoms with Gasteiger partial charge in [-0.1, -0.05) is 137 Å². The number of hydrogen-bond donors (Lipinski definition) is 0. The van der Waals surface area contributed by atoms with E-state index in [-0.39, 0.29) is 0 Å². The third-order valence-electron chi connectivity index (χ3n) is 11.2. The Morgan fingerprint density at radius 3 is 1.93 bits per heavy atom. The number of fused-ring (bicyclic) bond motifs is 8. The van der Waals surface area contributed by atoms with E-state index in [1.54, 1.807) is 0 Å². The largest absolute Gasteiger partial charge is 0.455 e. The lowest BCUT2D eigenvalue weighted by molar-refractivity contribution is 0.670. The Labute approximate surface area is 315 Å². The van der Waals surface area contributed by atoms with Crippen LogP contribution < -0.4 is 0 Å². The van der Waals surface area contributed by atoms with Crippen LogP contribution in [0.25, 0.3) is 93.6 Å². The third kappa shape index (κ3) is 5.07. The minimum Gasteiger partial charge on any atom is -0.455 e. The fourth-order valence-corrected chi connectivity index (χ4v) is 8.57. The summed E-state index contributed by atoms with van der Waals surface area (Å²) in [5.74, 6) is 1.48. The predicted octanol–water partition coefficient (Wildman–Crippen LogP) is 14.5. The van der Waals surface area contributed by atoms with Crippen LogP contribution in [0.2, 0.25) is 0 Å². The molecule has 0 spiro atoms. The molecule has 54 heavy (non-hydrogen) atoms. The standard InChI is InChI=1S/C51H40N2O/c1-31(2)42-26-36(33-14-7-5-8-15-33)27-43(32(3)4)49(42)53-25-24-52-51(53)41-21-13-20-40-46-30-45-37(29-47(46)54-50(40)41)28-44(34-16-9-6-10-17-34)39-23-22-35-18-11-12-19-38(35)48(39)45/h5-32H,1-4H3. The highest BCUT2D eigenvalue weighted by molar-refractivity contribution is 6.26. The Kier molecular flexibility index (Phi) is 7.52. The van der Waals surface area contributed by atoms with Gasteiger partial charge in [-0.3, -0.25) is 4.57 Å². The maximum absolute atomic E-state index is 6.93. The van der Waals surface area contributed by atoms with Gasteiger partial charge < -0.3 is 4.42 Å². The fraction of sp³-hybridized carbons (Fsp3) is 0.118. The molecule has 0 saturated carbocycles. The van der Waals surface area contributed by atoms with E-state index < -0.39 is 0 Å². The lowest BCUT2D eigenvalue weighted by Gasteiger charge is -2.23. The molecule has 2 heterocycles. The molecule has 3 nitrogen and oxygen atoms in total. The van der Waals surface area contributed by atoms with Crippen molar-refractivity contribution in [3.63, 3.8) is 0 Å². The van der Waals surface area contributed by atoms with E-state index in [1.807, 2.05) is 6.20 Å². The average Bonchev–Trinajstić information content (AvgIpc) is 3.84. The molecule has 0 aliphatic carbocycles. The fourth-order valence-electron chi connectivity index (χ4n) is 8.57. The molecule has 0 N–H and O–H groups in total. The van der Waals surface area contributed by atoms with Gasteiger partial charge >= 0.3 is 0 Å². The van der Waals surface area contributed by atoms with E-state index in [1.165, 1.54) is 66.0 Å². The number of para-hydroxylation sites is 1. The van der Waals surface area contributed by atoms with Gasteiger partial charge in [-0.25, -0.2) is 4.98 Å². The van der Waals surface area contributed by atoms with Crippen LogP contribution in [0.4, 0.5) is 0 Å². The molecule has 0 atom stereocenters. The minimum atomic E-state index is 0.303. The maximum Gasteiger partial charge on any atom is 0.148 e. The summed E-state index contributed by atoms with van der Waals surface area (Å²) in [6.07, 6.45) is 4.04. The van der Waals surface area contributed by atoms with E-state index in [0.717, 1.165) is 38.7 Å². The monoisotopic (exact) mass is 696 g/mol. The SMILES string of the molecule is CC(C)c1cc(-c2ccccc2)cc(C(C)C)c1-n1ccnc1-c1cccc2c1oc1cc3cc(-c4ccccc4)c4ccc5ccccc5c4c3cc12. The smallest absolute Gasteiger partial charge is 0.148 e. The first-order valence-electron chi connectivity index (χ1n) is 19.0. The summed E-state index contributed by atoms with van der Waals surface area (Å²) >= 11 is 0. The number of imidazole rings is 1. The highest BCUT2D eigenvalue weighted by Crippen LogP contribution is 2.44. The van der Waals surface area contributed by atoms with Crippen LogP contribution in [0.1, 0.15) is 50.7 Å². The van der Waals surface area contributed by atoms with Crippen LogP contribution in [0.5, 0.6) is 0 Å². The van der Waals surface area contributed by atoms with Gasteiger partial charge in [-0.15, -0.1) is 0 Å². The Morgan fingerprint density at radius 1 is 0.500 bits per heavy atom. The van der Waals surface area contributed by atoms with Gasteiger partial charge in [0.2, 0.25) is 0 Å². The molecular weight excluding hydrogens is 657 g/mol. The van der Waals surface area contributed by atoms with Crippen molar-refractivity contribution in [1.29, 1.82) is 0 Å². The molecule has 3 heteroatoms. The summed E-state index contributed by atoms with van der Waals surface area (Å²) in [6, 6.07) is 52.9. The van der Waals surface area contributed by atoms with Gasteiger partial charge in [-0.05, 0) is 114 Å². The van der Waals surface area contributed by atoms with Crippen molar-refractivity contribution in [3.8, 4) is 39.3 Å². The number of furan rings is 1. The second-order valence-electron chi connectivity index (χ2n) is 15.2. The van der Waals surface area contributed by atoms with Crippen molar-refractivity contribution in [2.24, 2.45) is 0 Å². The van der Waals surface area contributed by atoms with E-state index in [2.05, 4.69) is 184 Å². The van der Waals surface area contributed by atoms with Gasteiger partial charge in [0.05, 0.1) is 11.3 Å². The lowest BCUT2D eigenvalue weighted by atomic mass is 9.88. The molecule has 0 radical (unpaired) electrons. The second kappa shape index (κ2) is 12.6. The summed E-state index contributed by atoms with van der Waals surface area (Å²) in [5.41, 5.74) is 11.4. The highest BCUT2D eigenvalue weighted by atomic mass is 16.3. The molecule has 10 aromatic rings. The van der Waals surface area contributed by atoms with Crippen molar-refractivity contribution < 1.29 is 4.42 Å². The van der Waals surface area contributed by atoms with Crippen molar-refractivity contribution in [2.45, 2.75) is 39.5 Å². The number of hydrogen-bond acceptors (Lipinski definition) is 2. The summed E-state index contributed by atoms with van der Waals surface area (Å²) < 4.78 is 9.23. The van der Waals surface area contributed by atoms with Crippen molar-refractivity contribution in [2.75, 3.05) is 0 Å². The Bertz CT molecular complexity index is 3010. The van der Waals surface area contributed by atoms with Gasteiger partial charge in [0.15, 0.2) is 0 Å².